The van der Waals surface area contributed by atoms with E-state index in [2.05, 4.69) is 10.6 Å². The van der Waals surface area contributed by atoms with Gasteiger partial charge in [0, 0.05) is 32.0 Å². The number of carbonyl (C=O) groups excluding carboxylic acids is 1. The summed E-state index contributed by atoms with van der Waals surface area (Å²) in [5, 5.41) is 5.58. The Hall–Kier alpha value is -1.88. The van der Waals surface area contributed by atoms with Crippen molar-refractivity contribution in [2.45, 2.75) is 44.6 Å². The van der Waals surface area contributed by atoms with Gasteiger partial charge in [0.1, 0.15) is 5.82 Å². The van der Waals surface area contributed by atoms with Gasteiger partial charge in [0.25, 0.3) is 0 Å². The summed E-state index contributed by atoms with van der Waals surface area (Å²) in [6.45, 7) is 3.73. The maximum absolute atomic E-state index is 13.0. The van der Waals surface area contributed by atoms with Crippen molar-refractivity contribution in [2.75, 3.05) is 26.2 Å². The van der Waals surface area contributed by atoms with Crippen LogP contribution in [-0.4, -0.2) is 43.2 Å². The summed E-state index contributed by atoms with van der Waals surface area (Å²) in [6, 6.07) is 6.84. The van der Waals surface area contributed by atoms with E-state index in [1.54, 1.807) is 12.1 Å². The van der Waals surface area contributed by atoms with Crippen molar-refractivity contribution in [1.82, 2.24) is 10.2 Å². The van der Waals surface area contributed by atoms with Crippen molar-refractivity contribution in [2.24, 2.45) is 5.92 Å². The largest absolute Gasteiger partial charge is 0.346 e. The van der Waals surface area contributed by atoms with E-state index < -0.39 is 0 Å². The molecule has 1 saturated heterocycles. The number of nitrogens with two attached hydrogens (primary N) is 1. The van der Waals surface area contributed by atoms with Gasteiger partial charge in [-0.3, -0.25) is 0 Å². The first-order valence-electron chi connectivity index (χ1n) is 10.00. The minimum atomic E-state index is -0.228. The van der Waals surface area contributed by atoms with Crippen LogP contribution in [-0.2, 0) is 0 Å². The Morgan fingerprint density at radius 1 is 1.15 bits per heavy atom. The molecule has 3 rings (SSSR count). The monoisotopic (exact) mass is 360 g/mol. The van der Waals surface area contributed by atoms with Gasteiger partial charge >= 0.3 is 6.03 Å². The number of carbonyl (C=O) groups is 1. The summed E-state index contributed by atoms with van der Waals surface area (Å²) < 4.78 is 13.0. The van der Waals surface area contributed by atoms with Gasteiger partial charge in [-0.1, -0.05) is 37.1 Å². The van der Waals surface area contributed by atoms with E-state index in [0.29, 0.717) is 18.5 Å². The molecular formula is C21H31FN3O+. The number of benzene rings is 1. The average Bonchev–Trinajstić information content (AvgIpc) is 3.16. The van der Waals surface area contributed by atoms with Gasteiger partial charge in [0.2, 0.25) is 0 Å². The third-order valence-corrected chi connectivity index (χ3v) is 5.51. The topological polar surface area (TPSA) is 49.0 Å². The molecule has 2 fully saturated rings. The van der Waals surface area contributed by atoms with Crippen LogP contribution >= 0.6 is 0 Å². The molecule has 26 heavy (non-hydrogen) atoms. The lowest BCUT2D eigenvalue weighted by molar-refractivity contribution is -0.664. The van der Waals surface area contributed by atoms with Gasteiger partial charge < -0.3 is 15.5 Å². The number of nitrogens with zero attached hydrogens (tertiary/aromatic N) is 1. The summed E-state index contributed by atoms with van der Waals surface area (Å²) in [4.78, 5) is 14.7. The molecular weight excluding hydrogens is 329 g/mol. The molecule has 0 spiro atoms. The zero-order chi connectivity index (χ0) is 18.2. The van der Waals surface area contributed by atoms with Gasteiger partial charge in [-0.25, -0.2) is 9.18 Å². The van der Waals surface area contributed by atoms with E-state index in [1.165, 1.54) is 37.8 Å². The first-order valence-corrected chi connectivity index (χ1v) is 10.00. The molecule has 1 saturated carbocycles. The lowest BCUT2D eigenvalue weighted by atomic mass is 9.97. The molecule has 1 aliphatic heterocycles. The van der Waals surface area contributed by atoms with Crippen molar-refractivity contribution in [3.63, 3.8) is 0 Å². The fourth-order valence-corrected chi connectivity index (χ4v) is 3.96. The third kappa shape index (κ3) is 5.84. The predicted octanol–water partition coefficient (Wildman–Crippen LogP) is 2.77. The molecule has 1 aliphatic carbocycles. The Morgan fingerprint density at radius 3 is 2.54 bits per heavy atom. The molecule has 0 atom stereocenters. The molecule has 3 N–H and O–H groups in total. The average molecular weight is 360 g/mol. The maximum Gasteiger partial charge on any atom is 0.317 e. The number of urea groups is 1. The van der Waals surface area contributed by atoms with Crippen LogP contribution in [0, 0.1) is 11.7 Å². The van der Waals surface area contributed by atoms with E-state index in [0.717, 1.165) is 38.0 Å². The van der Waals surface area contributed by atoms with E-state index in [4.69, 9.17) is 0 Å². The quantitative estimate of drug-likeness (QED) is 0.805. The highest BCUT2D eigenvalue weighted by molar-refractivity contribution is 5.75. The lowest BCUT2D eigenvalue weighted by Gasteiger charge is -2.29. The Morgan fingerprint density at radius 2 is 1.85 bits per heavy atom. The molecule has 2 amide bonds. The Kier molecular flexibility index (Phi) is 7.06. The van der Waals surface area contributed by atoms with E-state index in [1.807, 2.05) is 17.1 Å². The normalized spacial score (nSPS) is 19.1. The molecule has 142 valence electrons. The van der Waals surface area contributed by atoms with E-state index in [9.17, 15) is 9.18 Å². The van der Waals surface area contributed by atoms with Crippen molar-refractivity contribution >= 4 is 12.1 Å². The minimum Gasteiger partial charge on any atom is -0.346 e. The first-order chi connectivity index (χ1) is 12.7. The fraction of sp³-hybridized carbons (Fsp3) is 0.571. The number of nitrogens with one attached hydrogen (secondary N) is 1. The molecule has 0 aromatic heterocycles. The van der Waals surface area contributed by atoms with Crippen LogP contribution in [0.1, 0.15) is 44.1 Å². The zero-order valence-electron chi connectivity index (χ0n) is 15.5. The van der Waals surface area contributed by atoms with Crippen LogP contribution in [0.25, 0.3) is 6.08 Å². The van der Waals surface area contributed by atoms with Gasteiger partial charge in [-0.2, -0.15) is 0 Å². The van der Waals surface area contributed by atoms with Crippen molar-refractivity contribution in [1.29, 1.82) is 0 Å². The van der Waals surface area contributed by atoms with Crippen LogP contribution < -0.4 is 10.6 Å². The summed E-state index contributed by atoms with van der Waals surface area (Å²) in [6.07, 6.45) is 11.0. The number of rotatable bonds is 6. The Labute approximate surface area is 155 Å². The van der Waals surface area contributed by atoms with Gasteiger partial charge in [-0.05, 0) is 36.5 Å². The standard InChI is InChI=1S/C21H30FN3O/c22-19-9-7-17(8-10-19)4-3-15-25(16-18-11-13-23-14-12-18)21(26)24-20-5-1-2-6-20/h3-4,7-10,18,20,23H,1-2,5-6,11-16H2,(H,24,26)/p+1/b4-3+. The fourth-order valence-electron chi connectivity index (χ4n) is 3.96. The SMILES string of the molecule is O=C(NC1CCCC1)N(C/C=C/c1ccc(F)cc1)CC1CC[NH2+]CC1. The highest BCUT2D eigenvalue weighted by Gasteiger charge is 2.24. The lowest BCUT2D eigenvalue weighted by Crippen LogP contribution is -2.86. The number of hydrogen-bond acceptors (Lipinski definition) is 1. The summed E-state index contributed by atoms with van der Waals surface area (Å²) in [5.74, 6) is 0.363. The van der Waals surface area contributed by atoms with Crippen LogP contribution in [0.5, 0.6) is 0 Å². The molecule has 1 aromatic carbocycles. The van der Waals surface area contributed by atoms with Crippen molar-refractivity contribution < 1.29 is 14.5 Å². The number of hydrogen-bond donors (Lipinski definition) is 2. The van der Waals surface area contributed by atoms with Crippen LogP contribution in [0.4, 0.5) is 9.18 Å². The third-order valence-electron chi connectivity index (χ3n) is 5.51. The van der Waals surface area contributed by atoms with Gasteiger partial charge in [0.15, 0.2) is 0 Å². The number of piperidine rings is 1. The summed E-state index contributed by atoms with van der Waals surface area (Å²) in [5.41, 5.74) is 0.954. The molecule has 5 heteroatoms. The summed E-state index contributed by atoms with van der Waals surface area (Å²) in [7, 11) is 0. The Bertz CT molecular complexity index is 590. The van der Waals surface area contributed by atoms with E-state index >= 15 is 0 Å². The van der Waals surface area contributed by atoms with E-state index in [-0.39, 0.29) is 11.8 Å². The molecule has 0 bridgehead atoms. The van der Waals surface area contributed by atoms with Gasteiger partial charge in [-0.15, -0.1) is 0 Å². The second-order valence-corrected chi connectivity index (χ2v) is 7.60. The minimum absolute atomic E-state index is 0.0650. The second kappa shape index (κ2) is 9.72. The smallest absolute Gasteiger partial charge is 0.317 e. The molecule has 2 aliphatic rings. The number of quaternary nitrogens is 1. The second-order valence-electron chi connectivity index (χ2n) is 7.60. The Balaban J connectivity index is 1.58. The van der Waals surface area contributed by atoms with Crippen LogP contribution in [0.3, 0.4) is 0 Å². The first kappa shape index (κ1) is 18.9. The molecule has 4 nitrogen and oxygen atoms in total. The van der Waals surface area contributed by atoms with Crippen molar-refractivity contribution in [3.8, 4) is 0 Å². The molecule has 0 unspecified atom stereocenters. The molecule has 1 aromatic rings. The molecule has 1 heterocycles. The molecule has 0 radical (unpaired) electrons. The number of amides is 2. The predicted molar refractivity (Wildman–Crippen MR) is 102 cm³/mol. The van der Waals surface area contributed by atoms with Crippen LogP contribution in [0.15, 0.2) is 30.3 Å². The van der Waals surface area contributed by atoms with Crippen molar-refractivity contribution in [3.05, 3.63) is 41.7 Å². The van der Waals surface area contributed by atoms with Crippen LogP contribution in [0.2, 0.25) is 0 Å². The highest BCUT2D eigenvalue weighted by Crippen LogP contribution is 2.18. The highest BCUT2D eigenvalue weighted by atomic mass is 19.1. The van der Waals surface area contributed by atoms with Gasteiger partial charge in [0.05, 0.1) is 13.1 Å². The number of halogens is 1. The maximum atomic E-state index is 13.0. The summed E-state index contributed by atoms with van der Waals surface area (Å²) >= 11 is 0. The zero-order valence-corrected chi connectivity index (χ0v) is 15.5.